The Morgan fingerprint density at radius 3 is 2.83 bits per heavy atom. The summed E-state index contributed by atoms with van der Waals surface area (Å²) in [6.45, 7) is 5.12. The van der Waals surface area contributed by atoms with Crippen molar-refractivity contribution < 1.29 is 5.11 Å². The SMILES string of the molecule is Cc1cc(C)n2c(CNC(CCO)C3CCCCC3)cnc2n1. The number of fused-ring (bicyclic) bond motifs is 1. The van der Waals surface area contributed by atoms with Crippen molar-refractivity contribution in [1.29, 1.82) is 0 Å². The number of imidazole rings is 1. The third-order valence-corrected chi connectivity index (χ3v) is 5.07. The lowest BCUT2D eigenvalue weighted by molar-refractivity contribution is 0.205. The third-order valence-electron chi connectivity index (χ3n) is 5.07. The molecule has 0 aliphatic heterocycles. The van der Waals surface area contributed by atoms with Crippen LogP contribution in [0.25, 0.3) is 5.78 Å². The van der Waals surface area contributed by atoms with Gasteiger partial charge in [0, 0.05) is 30.6 Å². The lowest BCUT2D eigenvalue weighted by atomic mass is 9.82. The second kappa shape index (κ2) is 7.41. The second-order valence-corrected chi connectivity index (χ2v) is 6.82. The minimum Gasteiger partial charge on any atom is -0.396 e. The van der Waals surface area contributed by atoms with Crippen LogP contribution in [0.4, 0.5) is 0 Å². The molecule has 1 atom stereocenters. The molecule has 0 bridgehead atoms. The third kappa shape index (κ3) is 3.72. The van der Waals surface area contributed by atoms with Crippen LogP contribution < -0.4 is 5.32 Å². The molecular formula is C18H28N4O. The minimum absolute atomic E-state index is 0.251. The van der Waals surface area contributed by atoms with E-state index in [9.17, 15) is 5.11 Å². The highest BCUT2D eigenvalue weighted by Gasteiger charge is 2.23. The molecule has 0 spiro atoms. The first-order valence-electron chi connectivity index (χ1n) is 8.84. The van der Waals surface area contributed by atoms with E-state index in [1.807, 2.05) is 13.1 Å². The number of rotatable bonds is 6. The summed E-state index contributed by atoms with van der Waals surface area (Å²) in [7, 11) is 0. The first kappa shape index (κ1) is 16.4. The van der Waals surface area contributed by atoms with Gasteiger partial charge in [0.1, 0.15) is 0 Å². The lowest BCUT2D eigenvalue weighted by Crippen LogP contribution is -2.38. The highest BCUT2D eigenvalue weighted by molar-refractivity contribution is 5.35. The van der Waals surface area contributed by atoms with Crippen LogP contribution in [0.1, 0.15) is 55.6 Å². The van der Waals surface area contributed by atoms with E-state index in [2.05, 4.69) is 32.7 Å². The van der Waals surface area contributed by atoms with Gasteiger partial charge in [0.05, 0.1) is 11.9 Å². The predicted octanol–water partition coefficient (Wildman–Crippen LogP) is 2.77. The zero-order valence-electron chi connectivity index (χ0n) is 14.3. The van der Waals surface area contributed by atoms with Gasteiger partial charge in [-0.1, -0.05) is 19.3 Å². The zero-order chi connectivity index (χ0) is 16.2. The first-order valence-corrected chi connectivity index (χ1v) is 8.84. The van der Waals surface area contributed by atoms with Crippen LogP contribution in [0.3, 0.4) is 0 Å². The normalized spacial score (nSPS) is 17.7. The van der Waals surface area contributed by atoms with E-state index < -0.39 is 0 Å². The molecule has 5 nitrogen and oxygen atoms in total. The molecule has 1 unspecified atom stereocenters. The molecule has 2 heterocycles. The van der Waals surface area contributed by atoms with Gasteiger partial charge in [0.25, 0.3) is 0 Å². The van der Waals surface area contributed by atoms with Crippen molar-refractivity contribution in [3.05, 3.63) is 29.3 Å². The fourth-order valence-corrected chi connectivity index (χ4v) is 3.94. The first-order chi connectivity index (χ1) is 11.2. The summed E-state index contributed by atoms with van der Waals surface area (Å²) < 4.78 is 2.12. The fourth-order valence-electron chi connectivity index (χ4n) is 3.94. The van der Waals surface area contributed by atoms with Crippen molar-refractivity contribution in [2.75, 3.05) is 6.61 Å². The maximum absolute atomic E-state index is 9.40. The molecule has 1 saturated carbocycles. The molecule has 23 heavy (non-hydrogen) atoms. The Hall–Kier alpha value is -1.46. The van der Waals surface area contributed by atoms with Gasteiger partial charge >= 0.3 is 0 Å². The van der Waals surface area contributed by atoms with Crippen molar-refractivity contribution in [3.8, 4) is 0 Å². The van der Waals surface area contributed by atoms with Crippen molar-refractivity contribution in [2.24, 2.45) is 5.92 Å². The van der Waals surface area contributed by atoms with Crippen LogP contribution in [0.5, 0.6) is 0 Å². The van der Waals surface area contributed by atoms with Crippen LogP contribution in [-0.2, 0) is 6.54 Å². The smallest absolute Gasteiger partial charge is 0.234 e. The van der Waals surface area contributed by atoms with E-state index in [0.29, 0.717) is 12.0 Å². The molecule has 2 N–H and O–H groups in total. The lowest BCUT2D eigenvalue weighted by Gasteiger charge is -2.30. The average molecular weight is 316 g/mol. The number of hydrogen-bond donors (Lipinski definition) is 2. The van der Waals surface area contributed by atoms with Gasteiger partial charge in [-0.2, -0.15) is 0 Å². The Balaban J connectivity index is 1.73. The molecule has 0 aromatic carbocycles. The Morgan fingerprint density at radius 2 is 2.09 bits per heavy atom. The highest BCUT2D eigenvalue weighted by atomic mass is 16.3. The summed E-state index contributed by atoms with van der Waals surface area (Å²) in [6.07, 6.45) is 9.32. The standard InChI is InChI=1S/C18H28N4O/c1-13-10-14(2)22-16(12-20-18(22)21-13)11-19-17(8-9-23)15-6-4-3-5-7-15/h10,12,15,17,19,23H,3-9,11H2,1-2H3. The average Bonchev–Trinajstić information content (AvgIpc) is 2.95. The quantitative estimate of drug-likeness (QED) is 0.860. The summed E-state index contributed by atoms with van der Waals surface area (Å²) in [5.41, 5.74) is 3.31. The predicted molar refractivity (Wildman–Crippen MR) is 91.4 cm³/mol. The molecule has 1 aliphatic rings. The molecule has 1 fully saturated rings. The number of aromatic nitrogens is 3. The van der Waals surface area contributed by atoms with Gasteiger partial charge in [0.15, 0.2) is 0 Å². The molecule has 126 valence electrons. The van der Waals surface area contributed by atoms with E-state index in [1.54, 1.807) is 0 Å². The molecule has 0 amide bonds. The van der Waals surface area contributed by atoms with Gasteiger partial charge in [-0.15, -0.1) is 0 Å². The Labute approximate surface area is 138 Å². The molecule has 5 heteroatoms. The van der Waals surface area contributed by atoms with E-state index in [-0.39, 0.29) is 6.61 Å². The van der Waals surface area contributed by atoms with Gasteiger partial charge in [-0.05, 0) is 45.1 Å². The molecular weight excluding hydrogens is 288 g/mol. The van der Waals surface area contributed by atoms with Crippen LogP contribution in [-0.4, -0.2) is 32.1 Å². The van der Waals surface area contributed by atoms with E-state index >= 15 is 0 Å². The number of aryl methyl sites for hydroxylation is 2. The topological polar surface area (TPSA) is 62.5 Å². The zero-order valence-corrected chi connectivity index (χ0v) is 14.3. The summed E-state index contributed by atoms with van der Waals surface area (Å²) in [4.78, 5) is 8.93. The van der Waals surface area contributed by atoms with E-state index in [4.69, 9.17) is 0 Å². The van der Waals surface area contributed by atoms with Crippen LogP contribution in [0.2, 0.25) is 0 Å². The van der Waals surface area contributed by atoms with Gasteiger partial charge in [0.2, 0.25) is 5.78 Å². The summed E-state index contributed by atoms with van der Waals surface area (Å²) in [6, 6.07) is 2.48. The van der Waals surface area contributed by atoms with Crippen molar-refractivity contribution in [1.82, 2.24) is 19.7 Å². The maximum Gasteiger partial charge on any atom is 0.234 e. The highest BCUT2D eigenvalue weighted by Crippen LogP contribution is 2.28. The molecule has 3 rings (SSSR count). The summed E-state index contributed by atoms with van der Waals surface area (Å²) >= 11 is 0. The Morgan fingerprint density at radius 1 is 1.30 bits per heavy atom. The van der Waals surface area contributed by atoms with Crippen LogP contribution in [0.15, 0.2) is 12.3 Å². The number of hydrogen-bond acceptors (Lipinski definition) is 4. The summed E-state index contributed by atoms with van der Waals surface area (Å²) in [5.74, 6) is 1.47. The van der Waals surface area contributed by atoms with Gasteiger partial charge in [-0.3, -0.25) is 4.40 Å². The fraction of sp³-hybridized carbons (Fsp3) is 0.667. The van der Waals surface area contributed by atoms with Gasteiger partial charge < -0.3 is 10.4 Å². The van der Waals surface area contributed by atoms with Crippen LogP contribution in [0, 0.1) is 19.8 Å². The van der Waals surface area contributed by atoms with Crippen molar-refractivity contribution in [3.63, 3.8) is 0 Å². The second-order valence-electron chi connectivity index (χ2n) is 6.82. The molecule has 0 saturated heterocycles. The van der Waals surface area contributed by atoms with E-state index in [0.717, 1.165) is 35.8 Å². The van der Waals surface area contributed by atoms with Crippen molar-refractivity contribution >= 4 is 5.78 Å². The number of aliphatic hydroxyl groups is 1. The molecule has 2 aromatic rings. The number of nitrogens with zero attached hydrogens (tertiary/aromatic N) is 3. The largest absolute Gasteiger partial charge is 0.396 e. The monoisotopic (exact) mass is 316 g/mol. The molecule has 0 radical (unpaired) electrons. The minimum atomic E-state index is 0.251. The Kier molecular flexibility index (Phi) is 5.28. The molecule has 1 aliphatic carbocycles. The Bertz CT molecular complexity index is 646. The van der Waals surface area contributed by atoms with E-state index in [1.165, 1.54) is 32.1 Å². The van der Waals surface area contributed by atoms with Gasteiger partial charge in [-0.25, -0.2) is 9.97 Å². The maximum atomic E-state index is 9.40. The number of aliphatic hydroxyl groups excluding tert-OH is 1. The van der Waals surface area contributed by atoms with Crippen LogP contribution >= 0.6 is 0 Å². The molecule has 2 aromatic heterocycles. The summed E-state index contributed by atoms with van der Waals surface area (Å²) in [5, 5.41) is 13.1. The van der Waals surface area contributed by atoms with Crippen molar-refractivity contribution in [2.45, 2.75) is 65.0 Å². The number of nitrogens with one attached hydrogen (secondary N) is 1.